The number of carbonyl (C=O) groups excluding carboxylic acids is 1. The van der Waals surface area contributed by atoms with Crippen LogP contribution in [-0.4, -0.2) is 37.6 Å². The molecule has 0 radical (unpaired) electrons. The standard InChI is InChI=1S/C15H17N5O/c1-10-11(8-16-20(10)3)15(21)19(2)9-14-17-12-6-4-5-7-13(12)18-14/h4-8H,9H2,1-3H3,(H,17,18). The van der Waals surface area contributed by atoms with E-state index in [1.165, 1.54) is 0 Å². The van der Waals surface area contributed by atoms with Crippen LogP contribution in [0, 0.1) is 6.92 Å². The summed E-state index contributed by atoms with van der Waals surface area (Å²) in [5, 5.41) is 4.11. The first kappa shape index (κ1) is 13.4. The number of carbonyl (C=O) groups is 1. The topological polar surface area (TPSA) is 66.8 Å². The predicted octanol–water partition coefficient (Wildman–Crippen LogP) is 1.88. The summed E-state index contributed by atoms with van der Waals surface area (Å²) < 4.78 is 1.70. The van der Waals surface area contributed by atoms with Crippen LogP contribution in [-0.2, 0) is 13.6 Å². The SMILES string of the molecule is Cc1c(C(=O)N(C)Cc2nc3ccccc3[nH]2)cnn1C. The third-order valence-electron chi connectivity index (χ3n) is 3.64. The van der Waals surface area contributed by atoms with Crippen molar-refractivity contribution in [2.75, 3.05) is 7.05 Å². The molecule has 3 aromatic rings. The minimum absolute atomic E-state index is 0.0546. The number of benzene rings is 1. The Bertz CT molecular complexity index is 768. The average molecular weight is 283 g/mol. The van der Waals surface area contributed by atoms with Gasteiger partial charge in [0, 0.05) is 19.8 Å². The highest BCUT2D eigenvalue weighted by Crippen LogP contribution is 2.13. The summed E-state index contributed by atoms with van der Waals surface area (Å²) in [6, 6.07) is 7.82. The van der Waals surface area contributed by atoms with Crippen LogP contribution in [0.1, 0.15) is 21.9 Å². The summed E-state index contributed by atoms with van der Waals surface area (Å²) in [5.74, 6) is 0.717. The average Bonchev–Trinajstić information content (AvgIpc) is 3.02. The van der Waals surface area contributed by atoms with E-state index in [0.29, 0.717) is 12.1 Å². The van der Waals surface area contributed by atoms with E-state index in [2.05, 4.69) is 15.1 Å². The summed E-state index contributed by atoms with van der Waals surface area (Å²) in [6.45, 7) is 2.32. The Hall–Kier alpha value is -2.63. The van der Waals surface area contributed by atoms with E-state index >= 15 is 0 Å². The van der Waals surface area contributed by atoms with Crippen LogP contribution in [0.4, 0.5) is 0 Å². The van der Waals surface area contributed by atoms with E-state index in [-0.39, 0.29) is 5.91 Å². The minimum atomic E-state index is -0.0546. The molecule has 6 heteroatoms. The van der Waals surface area contributed by atoms with Gasteiger partial charge < -0.3 is 9.88 Å². The number of H-pyrrole nitrogens is 1. The Kier molecular flexibility index (Phi) is 3.21. The largest absolute Gasteiger partial charge is 0.340 e. The summed E-state index contributed by atoms with van der Waals surface area (Å²) in [6.07, 6.45) is 1.60. The first-order chi connectivity index (χ1) is 10.1. The maximum Gasteiger partial charge on any atom is 0.257 e. The molecular weight excluding hydrogens is 266 g/mol. The monoisotopic (exact) mass is 283 g/mol. The normalized spacial score (nSPS) is 11.0. The van der Waals surface area contributed by atoms with Gasteiger partial charge in [-0.25, -0.2) is 4.98 Å². The Balaban J connectivity index is 1.80. The molecule has 21 heavy (non-hydrogen) atoms. The van der Waals surface area contributed by atoms with Crippen molar-refractivity contribution in [1.82, 2.24) is 24.6 Å². The molecule has 2 heterocycles. The van der Waals surface area contributed by atoms with Gasteiger partial charge in [-0.2, -0.15) is 5.10 Å². The van der Waals surface area contributed by atoms with Crippen LogP contribution in [0.15, 0.2) is 30.5 Å². The van der Waals surface area contributed by atoms with E-state index < -0.39 is 0 Å². The lowest BCUT2D eigenvalue weighted by Crippen LogP contribution is -2.27. The highest BCUT2D eigenvalue weighted by Gasteiger charge is 2.18. The second kappa shape index (κ2) is 5.05. The number of hydrogen-bond acceptors (Lipinski definition) is 3. The molecule has 2 aromatic heterocycles. The molecule has 0 aliphatic heterocycles. The quantitative estimate of drug-likeness (QED) is 0.798. The number of para-hydroxylation sites is 2. The molecule has 1 amide bonds. The molecule has 6 nitrogen and oxygen atoms in total. The smallest absolute Gasteiger partial charge is 0.257 e. The van der Waals surface area contributed by atoms with Crippen molar-refractivity contribution in [3.05, 3.63) is 47.5 Å². The number of amides is 1. The van der Waals surface area contributed by atoms with Gasteiger partial charge in [-0.1, -0.05) is 12.1 Å². The van der Waals surface area contributed by atoms with Crippen LogP contribution in [0.3, 0.4) is 0 Å². The Morgan fingerprint density at radius 1 is 1.38 bits per heavy atom. The molecule has 0 aliphatic carbocycles. The molecule has 0 spiro atoms. The number of imidazole rings is 1. The predicted molar refractivity (Wildman–Crippen MR) is 79.8 cm³/mol. The first-order valence-corrected chi connectivity index (χ1v) is 6.74. The van der Waals surface area contributed by atoms with Gasteiger partial charge in [-0.3, -0.25) is 9.48 Å². The number of fused-ring (bicyclic) bond motifs is 1. The molecular formula is C15H17N5O. The number of rotatable bonds is 3. The second-order valence-corrected chi connectivity index (χ2v) is 5.13. The van der Waals surface area contributed by atoms with Crippen molar-refractivity contribution >= 4 is 16.9 Å². The Labute approximate surface area is 122 Å². The number of aromatic nitrogens is 4. The van der Waals surface area contributed by atoms with Crippen molar-refractivity contribution < 1.29 is 4.79 Å². The lowest BCUT2D eigenvalue weighted by Gasteiger charge is -2.15. The van der Waals surface area contributed by atoms with Gasteiger partial charge in [0.15, 0.2) is 0 Å². The molecule has 0 fully saturated rings. The fourth-order valence-electron chi connectivity index (χ4n) is 2.29. The zero-order chi connectivity index (χ0) is 15.0. The van der Waals surface area contributed by atoms with Crippen LogP contribution >= 0.6 is 0 Å². The summed E-state index contributed by atoms with van der Waals surface area (Å²) in [4.78, 5) is 21.8. The molecule has 1 aromatic carbocycles. The third-order valence-corrected chi connectivity index (χ3v) is 3.64. The molecule has 108 valence electrons. The van der Waals surface area contributed by atoms with Crippen LogP contribution in [0.2, 0.25) is 0 Å². The number of nitrogens with zero attached hydrogens (tertiary/aromatic N) is 4. The molecule has 0 aliphatic rings. The second-order valence-electron chi connectivity index (χ2n) is 5.13. The summed E-state index contributed by atoms with van der Waals surface area (Å²) in [7, 11) is 3.59. The van der Waals surface area contributed by atoms with Crippen molar-refractivity contribution in [2.45, 2.75) is 13.5 Å². The zero-order valence-corrected chi connectivity index (χ0v) is 12.3. The number of aromatic amines is 1. The highest BCUT2D eigenvalue weighted by atomic mass is 16.2. The molecule has 3 rings (SSSR count). The first-order valence-electron chi connectivity index (χ1n) is 6.74. The maximum atomic E-state index is 12.4. The van der Waals surface area contributed by atoms with Crippen LogP contribution in [0.5, 0.6) is 0 Å². The van der Waals surface area contributed by atoms with Gasteiger partial charge in [-0.05, 0) is 19.1 Å². The van der Waals surface area contributed by atoms with Gasteiger partial charge in [-0.15, -0.1) is 0 Å². The fourth-order valence-corrected chi connectivity index (χ4v) is 2.29. The highest BCUT2D eigenvalue weighted by molar-refractivity contribution is 5.94. The number of nitrogens with one attached hydrogen (secondary N) is 1. The zero-order valence-electron chi connectivity index (χ0n) is 12.3. The lowest BCUT2D eigenvalue weighted by molar-refractivity contribution is 0.0781. The summed E-state index contributed by atoms with van der Waals surface area (Å²) in [5.41, 5.74) is 3.37. The van der Waals surface area contributed by atoms with Gasteiger partial charge >= 0.3 is 0 Å². The van der Waals surface area contributed by atoms with Crippen LogP contribution in [0.25, 0.3) is 11.0 Å². The number of hydrogen-bond donors (Lipinski definition) is 1. The molecule has 0 atom stereocenters. The van der Waals surface area contributed by atoms with E-state index in [4.69, 9.17) is 0 Å². The fraction of sp³-hybridized carbons (Fsp3) is 0.267. The molecule has 0 saturated carbocycles. The van der Waals surface area contributed by atoms with E-state index in [0.717, 1.165) is 22.6 Å². The lowest BCUT2D eigenvalue weighted by atomic mass is 10.2. The van der Waals surface area contributed by atoms with Crippen molar-refractivity contribution in [2.24, 2.45) is 7.05 Å². The molecule has 1 N–H and O–H groups in total. The van der Waals surface area contributed by atoms with Gasteiger partial charge in [0.25, 0.3) is 5.91 Å². The van der Waals surface area contributed by atoms with Crippen molar-refractivity contribution in [3.8, 4) is 0 Å². The van der Waals surface area contributed by atoms with E-state index in [9.17, 15) is 4.79 Å². The molecule has 0 unspecified atom stereocenters. The van der Waals surface area contributed by atoms with Crippen molar-refractivity contribution in [3.63, 3.8) is 0 Å². The third kappa shape index (κ3) is 2.40. The number of aryl methyl sites for hydroxylation is 1. The molecule has 0 bridgehead atoms. The van der Waals surface area contributed by atoms with Gasteiger partial charge in [0.1, 0.15) is 5.82 Å². The Morgan fingerprint density at radius 3 is 2.81 bits per heavy atom. The van der Waals surface area contributed by atoms with Crippen LogP contribution < -0.4 is 0 Å². The summed E-state index contributed by atoms with van der Waals surface area (Å²) >= 11 is 0. The van der Waals surface area contributed by atoms with E-state index in [1.807, 2.05) is 38.2 Å². The molecule has 0 saturated heterocycles. The van der Waals surface area contributed by atoms with Gasteiger partial charge in [0.05, 0.1) is 29.3 Å². The minimum Gasteiger partial charge on any atom is -0.340 e. The van der Waals surface area contributed by atoms with E-state index in [1.54, 1.807) is 22.8 Å². The Morgan fingerprint density at radius 2 is 2.14 bits per heavy atom. The maximum absolute atomic E-state index is 12.4. The van der Waals surface area contributed by atoms with Crippen molar-refractivity contribution in [1.29, 1.82) is 0 Å². The van der Waals surface area contributed by atoms with Gasteiger partial charge in [0.2, 0.25) is 0 Å².